The molecule has 22 heavy (non-hydrogen) atoms. The summed E-state index contributed by atoms with van der Waals surface area (Å²) in [5.41, 5.74) is 0.518. The molecule has 3 rings (SSSR count). The zero-order valence-corrected chi connectivity index (χ0v) is 12.5. The lowest BCUT2D eigenvalue weighted by molar-refractivity contribution is 0.446. The summed E-state index contributed by atoms with van der Waals surface area (Å²) < 4.78 is 10.4. The smallest absolute Gasteiger partial charge is 0.362 e. The number of benzene rings is 1. The molecule has 1 aromatic carbocycles. The molecule has 0 unspecified atom stereocenters. The van der Waals surface area contributed by atoms with Crippen molar-refractivity contribution in [2.75, 3.05) is 0 Å². The van der Waals surface area contributed by atoms with Crippen molar-refractivity contribution in [1.82, 2.24) is 9.97 Å². The number of aliphatic hydroxyl groups is 1. The molecule has 0 aliphatic rings. The minimum absolute atomic E-state index is 0.0549. The summed E-state index contributed by atoms with van der Waals surface area (Å²) in [5, 5.41) is 10.6. The molecular weight excluding hydrogens is 308 g/mol. The van der Waals surface area contributed by atoms with Crippen LogP contribution in [0, 0.1) is 13.8 Å². The van der Waals surface area contributed by atoms with Gasteiger partial charge in [-0.2, -0.15) is 0 Å². The first-order valence-corrected chi connectivity index (χ1v) is 6.77. The van der Waals surface area contributed by atoms with Crippen LogP contribution >= 0.6 is 11.6 Å². The molecule has 1 N–H and O–H groups in total. The fourth-order valence-electron chi connectivity index (χ4n) is 2.05. The van der Waals surface area contributed by atoms with Gasteiger partial charge in [0.1, 0.15) is 5.52 Å². The van der Waals surface area contributed by atoms with E-state index in [1.165, 1.54) is 6.08 Å². The highest BCUT2D eigenvalue weighted by atomic mass is 35.5. The fourth-order valence-corrected chi connectivity index (χ4v) is 2.21. The monoisotopic (exact) mass is 318 g/mol. The first-order chi connectivity index (χ1) is 10.4. The number of nitrogens with zero attached hydrogens (tertiary/aromatic N) is 2. The Kier molecular flexibility index (Phi) is 3.46. The SMILES string of the molecule is Cc1nc(C)c(/C(O)=C/c2nc3cc(Cl)ccc3oc2=O)o1. The number of hydrogen-bond acceptors (Lipinski definition) is 6. The molecule has 0 aliphatic heterocycles. The second kappa shape index (κ2) is 5.31. The Balaban J connectivity index is 2.13. The van der Waals surface area contributed by atoms with E-state index >= 15 is 0 Å². The Morgan fingerprint density at radius 3 is 2.73 bits per heavy atom. The maximum atomic E-state index is 11.9. The molecule has 2 heterocycles. The second-order valence-electron chi connectivity index (χ2n) is 4.68. The average molecular weight is 319 g/mol. The second-order valence-corrected chi connectivity index (χ2v) is 5.11. The minimum atomic E-state index is -0.671. The van der Waals surface area contributed by atoms with Gasteiger partial charge in [0.05, 0.1) is 5.69 Å². The standard InChI is InChI=1S/C15H11ClN2O4/c1-7-14(21-8(2)17-7)12(19)6-11-15(20)22-13-4-3-9(16)5-10(13)18-11/h3-6,19H,1-2H3/b12-6-. The minimum Gasteiger partial charge on any atom is -0.504 e. The maximum absolute atomic E-state index is 11.9. The van der Waals surface area contributed by atoms with E-state index in [0.717, 1.165) is 0 Å². The fraction of sp³-hybridized carbons (Fsp3) is 0.133. The Bertz CT molecular complexity index is 956. The highest BCUT2D eigenvalue weighted by Crippen LogP contribution is 2.20. The number of oxazole rings is 1. The molecule has 2 aromatic heterocycles. The molecule has 0 bridgehead atoms. The topological polar surface area (TPSA) is 89.4 Å². The van der Waals surface area contributed by atoms with Crippen LogP contribution in [0.1, 0.15) is 23.0 Å². The van der Waals surface area contributed by atoms with Crippen LogP contribution in [0.4, 0.5) is 0 Å². The molecule has 0 atom stereocenters. The summed E-state index contributed by atoms with van der Waals surface area (Å²) in [7, 11) is 0. The maximum Gasteiger partial charge on any atom is 0.362 e. The van der Waals surface area contributed by atoms with Crippen LogP contribution in [0.25, 0.3) is 22.9 Å². The Hall–Kier alpha value is -2.60. The van der Waals surface area contributed by atoms with Crippen LogP contribution in [0.3, 0.4) is 0 Å². The van der Waals surface area contributed by atoms with Crippen LogP contribution in [-0.2, 0) is 0 Å². The van der Waals surface area contributed by atoms with Gasteiger partial charge in [-0.25, -0.2) is 14.8 Å². The predicted octanol–water partition coefficient (Wildman–Crippen LogP) is 3.50. The third-order valence-corrected chi connectivity index (χ3v) is 3.22. The van der Waals surface area contributed by atoms with E-state index in [4.69, 9.17) is 20.4 Å². The molecule has 0 saturated carbocycles. The zero-order valence-electron chi connectivity index (χ0n) is 11.8. The summed E-state index contributed by atoms with van der Waals surface area (Å²) >= 11 is 5.89. The number of hydrogen-bond donors (Lipinski definition) is 1. The Morgan fingerprint density at radius 1 is 1.27 bits per heavy atom. The average Bonchev–Trinajstić information content (AvgIpc) is 2.79. The van der Waals surface area contributed by atoms with Crippen molar-refractivity contribution in [1.29, 1.82) is 0 Å². The number of aliphatic hydroxyl groups excluding tert-OH is 1. The summed E-state index contributed by atoms with van der Waals surface area (Å²) in [6.45, 7) is 3.35. The van der Waals surface area contributed by atoms with E-state index in [0.29, 0.717) is 27.7 Å². The molecule has 0 amide bonds. The van der Waals surface area contributed by atoms with Gasteiger partial charge >= 0.3 is 5.63 Å². The molecule has 3 aromatic rings. The summed E-state index contributed by atoms with van der Waals surface area (Å²) in [6.07, 6.45) is 1.18. The van der Waals surface area contributed by atoms with Gasteiger partial charge < -0.3 is 13.9 Å². The van der Waals surface area contributed by atoms with Crippen molar-refractivity contribution in [3.63, 3.8) is 0 Å². The predicted molar refractivity (Wildman–Crippen MR) is 81.8 cm³/mol. The third-order valence-electron chi connectivity index (χ3n) is 2.98. The molecule has 7 heteroatoms. The van der Waals surface area contributed by atoms with E-state index in [9.17, 15) is 9.90 Å². The number of rotatable bonds is 2. The van der Waals surface area contributed by atoms with Gasteiger partial charge in [-0.05, 0) is 25.1 Å². The first kappa shape index (κ1) is 14.3. The third kappa shape index (κ3) is 2.60. The summed E-state index contributed by atoms with van der Waals surface area (Å²) in [6, 6.07) is 4.73. The molecule has 0 radical (unpaired) electrons. The molecule has 0 spiro atoms. The van der Waals surface area contributed by atoms with E-state index in [2.05, 4.69) is 9.97 Å². The van der Waals surface area contributed by atoms with Gasteiger partial charge in [-0.15, -0.1) is 0 Å². The highest BCUT2D eigenvalue weighted by molar-refractivity contribution is 6.31. The van der Waals surface area contributed by atoms with Crippen LogP contribution in [0.5, 0.6) is 0 Å². The van der Waals surface area contributed by atoms with Crippen LogP contribution < -0.4 is 5.63 Å². The van der Waals surface area contributed by atoms with Crippen molar-refractivity contribution in [3.05, 3.63) is 56.7 Å². The summed E-state index contributed by atoms with van der Waals surface area (Å²) in [5.74, 6) is 0.349. The molecular formula is C15H11ClN2O4. The molecule has 6 nitrogen and oxygen atoms in total. The lowest BCUT2D eigenvalue weighted by atomic mass is 10.2. The van der Waals surface area contributed by atoms with E-state index in [-0.39, 0.29) is 17.2 Å². The lowest BCUT2D eigenvalue weighted by Crippen LogP contribution is -2.06. The molecule has 112 valence electrons. The Morgan fingerprint density at radius 2 is 2.05 bits per heavy atom. The van der Waals surface area contributed by atoms with Crippen LogP contribution in [0.15, 0.2) is 31.8 Å². The highest BCUT2D eigenvalue weighted by Gasteiger charge is 2.13. The zero-order chi connectivity index (χ0) is 15.9. The molecule has 0 saturated heterocycles. The van der Waals surface area contributed by atoms with E-state index in [1.54, 1.807) is 32.0 Å². The largest absolute Gasteiger partial charge is 0.504 e. The van der Waals surface area contributed by atoms with Gasteiger partial charge in [0, 0.05) is 18.0 Å². The van der Waals surface area contributed by atoms with Crippen LogP contribution in [-0.4, -0.2) is 15.1 Å². The van der Waals surface area contributed by atoms with Gasteiger partial charge in [-0.3, -0.25) is 0 Å². The summed E-state index contributed by atoms with van der Waals surface area (Å²) in [4.78, 5) is 20.1. The van der Waals surface area contributed by atoms with E-state index in [1.807, 2.05) is 0 Å². The van der Waals surface area contributed by atoms with Gasteiger partial charge in [-0.1, -0.05) is 11.6 Å². The number of aromatic nitrogens is 2. The van der Waals surface area contributed by atoms with Gasteiger partial charge in [0.15, 0.2) is 28.7 Å². The Labute approximate surface area is 129 Å². The van der Waals surface area contributed by atoms with Gasteiger partial charge in [0.2, 0.25) is 0 Å². The first-order valence-electron chi connectivity index (χ1n) is 6.39. The number of fused-ring (bicyclic) bond motifs is 1. The molecule has 0 aliphatic carbocycles. The van der Waals surface area contributed by atoms with Crippen molar-refractivity contribution < 1.29 is 13.9 Å². The normalized spacial score (nSPS) is 12.0. The van der Waals surface area contributed by atoms with Gasteiger partial charge in [0.25, 0.3) is 0 Å². The van der Waals surface area contributed by atoms with Crippen LogP contribution in [0.2, 0.25) is 5.02 Å². The van der Waals surface area contributed by atoms with Crippen molar-refractivity contribution >= 4 is 34.5 Å². The van der Waals surface area contributed by atoms with Crippen molar-refractivity contribution in [3.8, 4) is 0 Å². The van der Waals surface area contributed by atoms with Crippen molar-refractivity contribution in [2.24, 2.45) is 0 Å². The van der Waals surface area contributed by atoms with Crippen molar-refractivity contribution in [2.45, 2.75) is 13.8 Å². The number of aryl methyl sites for hydroxylation is 2. The quantitative estimate of drug-likeness (QED) is 0.727. The number of halogens is 1. The lowest BCUT2D eigenvalue weighted by Gasteiger charge is -1.99. The van der Waals surface area contributed by atoms with E-state index < -0.39 is 5.63 Å². The molecule has 0 fully saturated rings.